The van der Waals surface area contributed by atoms with E-state index in [1.807, 2.05) is 0 Å². The van der Waals surface area contributed by atoms with Crippen LogP contribution in [0.2, 0.25) is 5.02 Å². The molecular formula is C16H8ClF3N2O2. The molecule has 1 amide bonds. The van der Waals surface area contributed by atoms with Gasteiger partial charge in [-0.3, -0.25) is 10.3 Å². The zero-order valence-corrected chi connectivity index (χ0v) is 12.6. The molecule has 0 saturated heterocycles. The van der Waals surface area contributed by atoms with Gasteiger partial charge in [-0.15, -0.1) is 0 Å². The fourth-order valence-corrected chi connectivity index (χ4v) is 2.39. The number of hydrogen-bond donors (Lipinski definition) is 1. The second-order valence-electron chi connectivity index (χ2n) is 4.87. The van der Waals surface area contributed by atoms with Gasteiger partial charge < -0.3 is 4.74 Å². The lowest BCUT2D eigenvalue weighted by Crippen LogP contribution is -2.49. The highest BCUT2D eigenvalue weighted by molar-refractivity contribution is 6.30. The number of alkyl halides is 3. The van der Waals surface area contributed by atoms with Crippen LogP contribution in [0.15, 0.2) is 42.7 Å². The van der Waals surface area contributed by atoms with Crippen LogP contribution in [0.4, 0.5) is 23.7 Å². The number of benzene rings is 1. The number of rotatable bonds is 0. The van der Waals surface area contributed by atoms with Crippen molar-refractivity contribution in [2.24, 2.45) is 0 Å². The first-order chi connectivity index (χ1) is 11.3. The molecule has 1 aromatic heterocycles. The minimum absolute atomic E-state index is 0.0583. The van der Waals surface area contributed by atoms with Crippen molar-refractivity contribution < 1.29 is 22.7 Å². The predicted molar refractivity (Wildman–Crippen MR) is 80.4 cm³/mol. The maximum absolute atomic E-state index is 13.8. The zero-order chi connectivity index (χ0) is 17.4. The van der Waals surface area contributed by atoms with Gasteiger partial charge in [-0.25, -0.2) is 4.79 Å². The molecular weight excluding hydrogens is 345 g/mol. The van der Waals surface area contributed by atoms with Crippen LogP contribution in [0, 0.1) is 11.8 Å². The van der Waals surface area contributed by atoms with E-state index in [1.165, 1.54) is 36.7 Å². The molecule has 0 radical (unpaired) electrons. The Labute approximate surface area is 139 Å². The molecule has 1 atom stereocenters. The Morgan fingerprint density at radius 3 is 2.58 bits per heavy atom. The molecule has 0 spiro atoms. The molecule has 4 nitrogen and oxygen atoms in total. The third-order valence-electron chi connectivity index (χ3n) is 3.31. The molecule has 0 aliphatic carbocycles. The van der Waals surface area contributed by atoms with Crippen LogP contribution in [-0.2, 0) is 10.3 Å². The van der Waals surface area contributed by atoms with Crippen LogP contribution in [0.3, 0.4) is 0 Å². The van der Waals surface area contributed by atoms with Gasteiger partial charge in [0, 0.05) is 28.5 Å². The number of nitrogens with zero attached hydrogens (tertiary/aromatic N) is 1. The monoisotopic (exact) mass is 352 g/mol. The van der Waals surface area contributed by atoms with Gasteiger partial charge in [0.05, 0.1) is 5.69 Å². The molecule has 0 bridgehead atoms. The van der Waals surface area contributed by atoms with Crippen LogP contribution in [0.1, 0.15) is 11.1 Å². The van der Waals surface area contributed by atoms with Crippen molar-refractivity contribution in [3.8, 4) is 11.8 Å². The number of nitrogens with one attached hydrogen (secondary N) is 1. The third kappa shape index (κ3) is 2.76. The second-order valence-corrected chi connectivity index (χ2v) is 5.31. The third-order valence-corrected chi connectivity index (χ3v) is 3.54. The van der Waals surface area contributed by atoms with E-state index in [4.69, 9.17) is 11.6 Å². The molecule has 1 aliphatic rings. The highest BCUT2D eigenvalue weighted by atomic mass is 35.5. The number of halogens is 4. The average Bonchev–Trinajstić information content (AvgIpc) is 2.53. The quantitative estimate of drug-likeness (QED) is 0.726. The van der Waals surface area contributed by atoms with Crippen molar-refractivity contribution in [2.75, 3.05) is 5.32 Å². The van der Waals surface area contributed by atoms with Gasteiger partial charge in [0.25, 0.3) is 5.60 Å². The molecule has 1 N–H and O–H groups in total. The maximum Gasteiger partial charge on any atom is 0.445 e. The minimum Gasteiger partial charge on any atom is -0.415 e. The summed E-state index contributed by atoms with van der Waals surface area (Å²) < 4.78 is 46.1. The molecule has 0 fully saturated rings. The molecule has 3 rings (SSSR count). The fraction of sp³-hybridized carbons (Fsp3) is 0.125. The zero-order valence-electron chi connectivity index (χ0n) is 11.8. The summed E-state index contributed by atoms with van der Waals surface area (Å²) in [6.07, 6.45) is -3.43. The van der Waals surface area contributed by atoms with Crippen LogP contribution in [-0.4, -0.2) is 17.3 Å². The van der Waals surface area contributed by atoms with Crippen molar-refractivity contribution in [1.82, 2.24) is 4.98 Å². The number of fused-ring (bicyclic) bond motifs is 1. The molecule has 0 saturated carbocycles. The van der Waals surface area contributed by atoms with E-state index in [1.54, 1.807) is 0 Å². The minimum atomic E-state index is -4.97. The first-order valence-corrected chi connectivity index (χ1v) is 6.99. The van der Waals surface area contributed by atoms with Crippen LogP contribution in [0.5, 0.6) is 0 Å². The van der Waals surface area contributed by atoms with Crippen molar-refractivity contribution in [3.63, 3.8) is 0 Å². The SMILES string of the molecule is O=C1Nc2ccc(Cl)cc2C(C#Cc2ccncc2)(C(F)(F)F)O1. The molecule has 1 aromatic carbocycles. The summed E-state index contributed by atoms with van der Waals surface area (Å²) in [4.78, 5) is 15.4. The van der Waals surface area contributed by atoms with Crippen molar-refractivity contribution >= 4 is 23.4 Å². The molecule has 122 valence electrons. The molecule has 8 heteroatoms. The average molecular weight is 353 g/mol. The van der Waals surface area contributed by atoms with E-state index in [9.17, 15) is 18.0 Å². The number of ether oxygens (including phenoxy) is 1. The topological polar surface area (TPSA) is 51.2 Å². The standard InChI is InChI=1S/C16H8ClF3N2O2/c17-11-1-2-13-12(9-11)15(16(18,19)20,24-14(23)22-13)6-3-10-4-7-21-8-5-10/h1-2,4-5,7-9H,(H,22,23). The summed E-state index contributed by atoms with van der Waals surface area (Å²) in [5.41, 5.74) is -3.24. The summed E-state index contributed by atoms with van der Waals surface area (Å²) >= 11 is 5.82. The Morgan fingerprint density at radius 2 is 1.92 bits per heavy atom. The van der Waals surface area contributed by atoms with E-state index in [0.717, 1.165) is 6.07 Å². The van der Waals surface area contributed by atoms with Gasteiger partial charge in [-0.2, -0.15) is 13.2 Å². The summed E-state index contributed by atoms with van der Waals surface area (Å²) in [6.45, 7) is 0. The highest BCUT2D eigenvalue weighted by Gasteiger charge is 2.62. The van der Waals surface area contributed by atoms with E-state index in [0.29, 0.717) is 5.56 Å². The predicted octanol–water partition coefficient (Wildman–Crippen LogP) is 4.11. The number of anilines is 1. The van der Waals surface area contributed by atoms with Crippen LogP contribution >= 0.6 is 11.6 Å². The number of aromatic nitrogens is 1. The highest BCUT2D eigenvalue weighted by Crippen LogP contribution is 2.47. The van der Waals surface area contributed by atoms with E-state index in [-0.39, 0.29) is 16.3 Å². The Kier molecular flexibility index (Phi) is 3.85. The number of pyridine rings is 1. The number of cyclic esters (lactones) is 1. The van der Waals surface area contributed by atoms with Crippen LogP contribution < -0.4 is 5.32 Å². The number of carbonyl (C=O) groups excluding carboxylic acids is 1. The molecule has 24 heavy (non-hydrogen) atoms. The summed E-state index contributed by atoms with van der Waals surface area (Å²) in [6, 6.07) is 6.60. The molecule has 2 heterocycles. The lowest BCUT2D eigenvalue weighted by atomic mass is 9.90. The second kappa shape index (κ2) is 5.73. The summed E-state index contributed by atoms with van der Waals surface area (Å²) in [5.74, 6) is 4.45. The van der Waals surface area contributed by atoms with Gasteiger partial charge in [0.15, 0.2) is 0 Å². The van der Waals surface area contributed by atoms with Crippen molar-refractivity contribution in [1.29, 1.82) is 0 Å². The Morgan fingerprint density at radius 1 is 1.21 bits per heavy atom. The van der Waals surface area contributed by atoms with E-state index >= 15 is 0 Å². The first kappa shape index (κ1) is 16.1. The Bertz CT molecular complexity index is 859. The molecule has 2 aromatic rings. The number of carbonyl (C=O) groups is 1. The normalized spacial score (nSPS) is 19.4. The van der Waals surface area contributed by atoms with Gasteiger partial charge in [0.2, 0.25) is 0 Å². The maximum atomic E-state index is 13.8. The first-order valence-electron chi connectivity index (χ1n) is 6.62. The summed E-state index contributed by atoms with van der Waals surface area (Å²) in [7, 11) is 0. The lowest BCUT2D eigenvalue weighted by molar-refractivity contribution is -0.239. The van der Waals surface area contributed by atoms with Crippen LogP contribution in [0.25, 0.3) is 0 Å². The van der Waals surface area contributed by atoms with E-state index < -0.39 is 17.9 Å². The number of hydrogen-bond acceptors (Lipinski definition) is 3. The number of amides is 1. The lowest BCUT2D eigenvalue weighted by Gasteiger charge is -2.35. The Hall–Kier alpha value is -2.72. The largest absolute Gasteiger partial charge is 0.445 e. The molecule has 1 aliphatic heterocycles. The van der Waals surface area contributed by atoms with Gasteiger partial charge in [0.1, 0.15) is 0 Å². The van der Waals surface area contributed by atoms with E-state index in [2.05, 4.69) is 26.9 Å². The fourth-order valence-electron chi connectivity index (χ4n) is 2.22. The Balaban J connectivity index is 2.23. The van der Waals surface area contributed by atoms with Gasteiger partial charge in [-0.1, -0.05) is 17.5 Å². The van der Waals surface area contributed by atoms with Gasteiger partial charge >= 0.3 is 12.3 Å². The van der Waals surface area contributed by atoms with Crippen molar-refractivity contribution in [2.45, 2.75) is 11.8 Å². The van der Waals surface area contributed by atoms with Gasteiger partial charge in [-0.05, 0) is 36.3 Å². The summed E-state index contributed by atoms with van der Waals surface area (Å²) in [5, 5.41) is 2.28. The smallest absolute Gasteiger partial charge is 0.415 e. The van der Waals surface area contributed by atoms with Crippen molar-refractivity contribution in [3.05, 3.63) is 58.9 Å². The molecule has 1 unspecified atom stereocenters.